The predicted molar refractivity (Wildman–Crippen MR) is 136 cm³/mol. The van der Waals surface area contributed by atoms with Crippen molar-refractivity contribution in [2.75, 3.05) is 15.8 Å². The third kappa shape index (κ3) is 5.57. The zero-order chi connectivity index (χ0) is 26.0. The molecule has 11 nitrogen and oxygen atoms in total. The molecule has 2 aromatic heterocycles. The number of rotatable bonds is 8. The summed E-state index contributed by atoms with van der Waals surface area (Å²) >= 11 is 1.20. The van der Waals surface area contributed by atoms with Crippen LogP contribution in [0.1, 0.15) is 28.1 Å². The average molecular weight is 528 g/mol. The number of carbonyl (C=O) groups is 1. The van der Waals surface area contributed by atoms with Crippen molar-refractivity contribution in [3.8, 4) is 5.69 Å². The molecule has 0 unspecified atom stereocenters. The lowest BCUT2D eigenvalue weighted by Gasteiger charge is -2.12. The summed E-state index contributed by atoms with van der Waals surface area (Å²) in [5.41, 5.74) is 5.14. The van der Waals surface area contributed by atoms with Gasteiger partial charge in [-0.2, -0.15) is 9.67 Å². The lowest BCUT2D eigenvalue weighted by atomic mass is 10.1. The highest BCUT2D eigenvalue weighted by atomic mass is 32.2. The summed E-state index contributed by atoms with van der Waals surface area (Å²) in [4.78, 5) is 16.6. The number of nitrogens with zero attached hydrogens (tertiary/aromatic N) is 5. The van der Waals surface area contributed by atoms with E-state index in [1.807, 2.05) is 20.8 Å². The number of anilines is 2. The van der Waals surface area contributed by atoms with Crippen molar-refractivity contribution in [2.24, 2.45) is 0 Å². The number of sulfonamides is 1. The highest BCUT2D eigenvalue weighted by Gasteiger charge is 2.19. The van der Waals surface area contributed by atoms with Gasteiger partial charge in [-0.25, -0.2) is 13.1 Å². The Kier molecular flexibility index (Phi) is 7.13. The van der Waals surface area contributed by atoms with E-state index < -0.39 is 10.0 Å². The van der Waals surface area contributed by atoms with Gasteiger partial charge in [-0.15, -0.1) is 5.10 Å². The number of tetrazole rings is 1. The number of hydrogen-bond acceptors (Lipinski definition) is 9. The van der Waals surface area contributed by atoms with E-state index in [0.717, 1.165) is 22.4 Å². The summed E-state index contributed by atoms with van der Waals surface area (Å²) in [5, 5.41) is 15.2. The van der Waals surface area contributed by atoms with Gasteiger partial charge in [-0.1, -0.05) is 29.5 Å². The monoisotopic (exact) mass is 527 g/mol. The van der Waals surface area contributed by atoms with Gasteiger partial charge >= 0.3 is 6.01 Å². The Bertz CT molecular complexity index is 1480. The molecular formula is C23H25N7O4S2. The van der Waals surface area contributed by atoms with Crippen molar-refractivity contribution in [1.82, 2.24) is 25.2 Å². The van der Waals surface area contributed by atoms with Gasteiger partial charge in [0.25, 0.3) is 10.0 Å². The quantitative estimate of drug-likeness (QED) is 0.327. The standard InChI is InChI=1S/C23H25N7O4S2/c1-13-10-14(2)21(15(3)11-13)30-23(26-28-29-30)35-12-20(31)25-18-6-8-19(9-7-18)36(32,33)27-22-24-16(4)17(5)34-22/h6-11H,12H2,1-5H3,(H,24,27)(H,25,31). The molecule has 36 heavy (non-hydrogen) atoms. The van der Waals surface area contributed by atoms with Crippen LogP contribution in [0, 0.1) is 34.6 Å². The van der Waals surface area contributed by atoms with Gasteiger partial charge < -0.3 is 9.73 Å². The van der Waals surface area contributed by atoms with E-state index in [0.29, 0.717) is 22.3 Å². The maximum absolute atomic E-state index is 12.6. The van der Waals surface area contributed by atoms with Gasteiger partial charge in [0.05, 0.1) is 22.0 Å². The Morgan fingerprint density at radius 2 is 1.72 bits per heavy atom. The molecule has 0 saturated heterocycles. The molecule has 2 heterocycles. The van der Waals surface area contributed by atoms with E-state index in [-0.39, 0.29) is 22.6 Å². The molecule has 4 aromatic rings. The van der Waals surface area contributed by atoms with Gasteiger partial charge in [0.15, 0.2) is 0 Å². The van der Waals surface area contributed by atoms with Crippen molar-refractivity contribution >= 4 is 39.4 Å². The molecule has 0 radical (unpaired) electrons. The highest BCUT2D eigenvalue weighted by molar-refractivity contribution is 7.99. The van der Waals surface area contributed by atoms with Crippen molar-refractivity contribution in [3.63, 3.8) is 0 Å². The molecule has 2 N–H and O–H groups in total. The van der Waals surface area contributed by atoms with Crippen LogP contribution >= 0.6 is 11.8 Å². The Hall–Kier alpha value is -3.71. The van der Waals surface area contributed by atoms with Crippen LogP contribution in [0.25, 0.3) is 5.69 Å². The fourth-order valence-corrected chi connectivity index (χ4v) is 5.26. The van der Waals surface area contributed by atoms with E-state index in [4.69, 9.17) is 4.42 Å². The van der Waals surface area contributed by atoms with Crippen LogP contribution in [-0.4, -0.2) is 45.3 Å². The second-order valence-corrected chi connectivity index (χ2v) is 10.9. The van der Waals surface area contributed by atoms with Crippen LogP contribution < -0.4 is 10.0 Å². The summed E-state index contributed by atoms with van der Waals surface area (Å²) in [6, 6.07) is 9.79. The van der Waals surface area contributed by atoms with E-state index in [9.17, 15) is 13.2 Å². The zero-order valence-corrected chi connectivity index (χ0v) is 22.0. The molecule has 188 valence electrons. The molecule has 0 bridgehead atoms. The van der Waals surface area contributed by atoms with E-state index in [1.54, 1.807) is 18.5 Å². The normalized spacial score (nSPS) is 11.5. The average Bonchev–Trinajstić information content (AvgIpc) is 3.37. The second-order valence-electron chi connectivity index (χ2n) is 8.25. The lowest BCUT2D eigenvalue weighted by Crippen LogP contribution is -2.16. The number of benzene rings is 2. The molecular weight excluding hydrogens is 502 g/mol. The summed E-state index contributed by atoms with van der Waals surface area (Å²) in [6.07, 6.45) is 0. The molecule has 0 spiro atoms. The molecule has 0 aliphatic carbocycles. The van der Waals surface area contributed by atoms with Crippen LogP contribution in [0.3, 0.4) is 0 Å². The maximum Gasteiger partial charge on any atom is 0.309 e. The van der Waals surface area contributed by atoms with Gasteiger partial charge in [0.1, 0.15) is 5.76 Å². The molecule has 0 aliphatic rings. The number of aromatic nitrogens is 5. The Morgan fingerprint density at radius 1 is 1.06 bits per heavy atom. The van der Waals surface area contributed by atoms with Crippen molar-refractivity contribution in [1.29, 1.82) is 0 Å². The predicted octanol–water partition coefficient (Wildman–Crippen LogP) is 3.72. The summed E-state index contributed by atoms with van der Waals surface area (Å²) < 4.78 is 34.4. The molecule has 0 saturated carbocycles. The first-order valence-corrected chi connectivity index (χ1v) is 13.4. The largest absolute Gasteiger partial charge is 0.428 e. The number of carbonyl (C=O) groups excluding carboxylic acids is 1. The van der Waals surface area contributed by atoms with Crippen LogP contribution in [-0.2, 0) is 14.8 Å². The van der Waals surface area contributed by atoms with Crippen molar-refractivity contribution < 1.29 is 17.6 Å². The number of aryl methyl sites for hydroxylation is 5. The topological polar surface area (TPSA) is 145 Å². The van der Waals surface area contributed by atoms with E-state index in [2.05, 4.69) is 42.7 Å². The van der Waals surface area contributed by atoms with Crippen LogP contribution in [0.5, 0.6) is 0 Å². The first-order valence-electron chi connectivity index (χ1n) is 10.9. The smallest absolute Gasteiger partial charge is 0.309 e. The number of oxazole rings is 1. The number of hydrogen-bond donors (Lipinski definition) is 2. The first kappa shape index (κ1) is 25.4. The molecule has 0 fully saturated rings. The number of thioether (sulfide) groups is 1. The Balaban J connectivity index is 1.39. The third-order valence-electron chi connectivity index (χ3n) is 5.32. The number of nitrogens with one attached hydrogen (secondary N) is 2. The summed E-state index contributed by atoms with van der Waals surface area (Å²) in [5.74, 6) is 0.308. The van der Waals surface area contributed by atoms with Crippen LogP contribution in [0.4, 0.5) is 11.7 Å². The van der Waals surface area contributed by atoms with E-state index in [1.165, 1.54) is 36.0 Å². The maximum atomic E-state index is 12.6. The highest BCUT2D eigenvalue weighted by Crippen LogP contribution is 2.25. The Labute approximate surface area is 212 Å². The van der Waals surface area contributed by atoms with E-state index >= 15 is 0 Å². The molecule has 1 amide bonds. The fourth-order valence-electron chi connectivity index (χ4n) is 3.65. The summed E-state index contributed by atoms with van der Waals surface area (Å²) in [6.45, 7) is 9.42. The van der Waals surface area contributed by atoms with Crippen molar-refractivity contribution in [3.05, 3.63) is 64.5 Å². The lowest BCUT2D eigenvalue weighted by molar-refractivity contribution is -0.113. The molecule has 2 aromatic carbocycles. The van der Waals surface area contributed by atoms with Gasteiger partial charge in [-0.05, 0) is 80.4 Å². The SMILES string of the molecule is Cc1cc(C)c(-n2nnnc2SCC(=O)Nc2ccc(S(=O)(=O)Nc3nc(C)c(C)o3)cc2)c(C)c1. The molecule has 4 rings (SSSR count). The van der Waals surface area contributed by atoms with Gasteiger partial charge in [0.2, 0.25) is 11.1 Å². The molecule has 0 atom stereocenters. The van der Waals surface area contributed by atoms with Crippen LogP contribution in [0.2, 0.25) is 0 Å². The second kappa shape index (κ2) is 10.1. The fraction of sp³-hybridized carbons (Fsp3) is 0.261. The Morgan fingerprint density at radius 3 is 2.33 bits per heavy atom. The molecule has 0 aliphatic heterocycles. The minimum Gasteiger partial charge on any atom is -0.428 e. The van der Waals surface area contributed by atoms with Crippen LogP contribution in [0.15, 0.2) is 50.9 Å². The minimum atomic E-state index is -3.89. The molecule has 13 heteroatoms. The van der Waals surface area contributed by atoms with Gasteiger partial charge in [-0.3, -0.25) is 4.79 Å². The zero-order valence-electron chi connectivity index (χ0n) is 20.4. The van der Waals surface area contributed by atoms with Crippen molar-refractivity contribution in [2.45, 2.75) is 44.7 Å². The minimum absolute atomic E-state index is 0.00592. The summed E-state index contributed by atoms with van der Waals surface area (Å²) in [7, 11) is -3.89. The third-order valence-corrected chi connectivity index (χ3v) is 7.57. The first-order chi connectivity index (χ1) is 17.0. The van der Waals surface area contributed by atoms with Gasteiger partial charge in [0, 0.05) is 5.69 Å². The number of amides is 1.